The smallest absolute Gasteiger partial charge is 0.0541 e. The highest BCUT2D eigenvalue weighted by atomic mass is 32.1. The summed E-state index contributed by atoms with van der Waals surface area (Å²) in [6, 6.07) is 89.4. The molecule has 2 heterocycles. The predicted molar refractivity (Wildman–Crippen MR) is 274 cm³/mol. The van der Waals surface area contributed by atoms with Gasteiger partial charge in [-0.1, -0.05) is 194 Å². The van der Waals surface area contributed by atoms with Crippen molar-refractivity contribution in [2.24, 2.45) is 0 Å². The molecule has 0 radical (unpaired) electrons. The second-order valence-corrected chi connectivity index (χ2v) is 18.0. The van der Waals surface area contributed by atoms with Crippen LogP contribution in [-0.2, 0) is 6.42 Å². The van der Waals surface area contributed by atoms with Gasteiger partial charge in [-0.05, 0) is 116 Å². The largest absolute Gasteiger partial charge is 0.309 e. The van der Waals surface area contributed by atoms with Gasteiger partial charge < -0.3 is 4.57 Å². The van der Waals surface area contributed by atoms with Crippen LogP contribution in [0, 0.1) is 0 Å². The number of hydrogen-bond acceptors (Lipinski definition) is 1. The molecule has 2 heteroatoms. The molecule has 0 N–H and O–H groups in total. The fraction of sp³-hybridized carbons (Fsp3) is 0.0323. The number of aromatic nitrogens is 1. The monoisotopic (exact) mass is 833 g/mol. The van der Waals surface area contributed by atoms with E-state index in [2.05, 4.69) is 247 Å². The van der Waals surface area contributed by atoms with Crippen LogP contribution in [0.5, 0.6) is 0 Å². The molecule has 1 unspecified atom stereocenters. The lowest BCUT2D eigenvalue weighted by Crippen LogP contribution is -2.05. The van der Waals surface area contributed by atoms with Crippen molar-refractivity contribution in [3.8, 4) is 50.2 Å². The molecule has 12 aromatic rings. The normalized spacial score (nSPS) is 12.1. The minimum atomic E-state index is 0.202. The molecular weight excluding hydrogens is 791 g/mol. The van der Waals surface area contributed by atoms with E-state index in [-0.39, 0.29) is 5.92 Å². The molecule has 0 aliphatic heterocycles. The Morgan fingerprint density at radius 2 is 0.797 bits per heavy atom. The number of fused-ring (bicyclic) bond motifs is 6. The zero-order chi connectivity index (χ0) is 42.4. The standard InChI is InChI=1S/C62H43NS/c1-3-12-43(13-4-1)45-24-22-42(23-25-45)38-56(48-30-26-46(27-31-48)44-14-5-2-6-15-44)49-32-28-47(29-33-49)50-16-11-17-51(39-50)52-34-36-60-57(40-52)54-18-7-9-20-59(54)63(60)53-35-37-62-58(41-53)55-19-8-10-21-61(55)64-62/h1-37,39-41,56H,38H2. The molecule has 64 heavy (non-hydrogen) atoms. The van der Waals surface area contributed by atoms with Gasteiger partial charge in [0.1, 0.15) is 0 Å². The third-order valence-electron chi connectivity index (χ3n) is 13.1. The highest BCUT2D eigenvalue weighted by molar-refractivity contribution is 7.25. The predicted octanol–water partition coefficient (Wildman–Crippen LogP) is 17.2. The van der Waals surface area contributed by atoms with Crippen LogP contribution in [0.15, 0.2) is 243 Å². The second-order valence-electron chi connectivity index (χ2n) is 16.9. The Bertz CT molecular complexity index is 3600. The summed E-state index contributed by atoms with van der Waals surface area (Å²) in [4.78, 5) is 0. The number of nitrogens with zero attached hydrogens (tertiary/aromatic N) is 1. The van der Waals surface area contributed by atoms with Crippen molar-refractivity contribution < 1.29 is 0 Å². The van der Waals surface area contributed by atoms with E-state index in [9.17, 15) is 0 Å². The first-order valence-electron chi connectivity index (χ1n) is 22.2. The van der Waals surface area contributed by atoms with Crippen molar-refractivity contribution in [3.63, 3.8) is 0 Å². The van der Waals surface area contributed by atoms with Gasteiger partial charge in [0.2, 0.25) is 0 Å². The first kappa shape index (κ1) is 37.9. The maximum atomic E-state index is 2.43. The van der Waals surface area contributed by atoms with Gasteiger partial charge in [-0.25, -0.2) is 0 Å². The van der Waals surface area contributed by atoms with Gasteiger partial charge in [0.05, 0.1) is 11.0 Å². The van der Waals surface area contributed by atoms with Crippen LogP contribution in [0.25, 0.3) is 92.2 Å². The maximum absolute atomic E-state index is 2.43. The first-order chi connectivity index (χ1) is 31.7. The fourth-order valence-corrected chi connectivity index (χ4v) is 10.8. The first-order valence-corrected chi connectivity index (χ1v) is 23.0. The van der Waals surface area contributed by atoms with E-state index < -0.39 is 0 Å². The Morgan fingerprint density at radius 1 is 0.312 bits per heavy atom. The van der Waals surface area contributed by atoms with Crippen molar-refractivity contribution in [1.29, 1.82) is 0 Å². The van der Waals surface area contributed by atoms with Crippen LogP contribution in [0.3, 0.4) is 0 Å². The van der Waals surface area contributed by atoms with Gasteiger partial charge in [0, 0.05) is 42.6 Å². The maximum Gasteiger partial charge on any atom is 0.0541 e. The van der Waals surface area contributed by atoms with Gasteiger partial charge in [-0.2, -0.15) is 0 Å². The van der Waals surface area contributed by atoms with Crippen LogP contribution in [0.2, 0.25) is 0 Å². The summed E-state index contributed by atoms with van der Waals surface area (Å²) in [5, 5.41) is 5.15. The SMILES string of the molecule is c1ccc(-c2ccc(CC(c3ccc(-c4ccccc4)cc3)c3ccc(-c4cccc(-c5ccc6c(c5)c5ccccc5n6-c5ccc6sc7ccccc7c6c5)c4)cc3)cc2)cc1. The lowest BCUT2D eigenvalue weighted by atomic mass is 9.84. The molecule has 302 valence electrons. The molecule has 12 rings (SSSR count). The van der Waals surface area contributed by atoms with E-state index in [4.69, 9.17) is 0 Å². The molecule has 0 aliphatic carbocycles. The summed E-state index contributed by atoms with van der Waals surface area (Å²) < 4.78 is 5.08. The van der Waals surface area contributed by atoms with Crippen molar-refractivity contribution in [1.82, 2.24) is 4.57 Å². The Kier molecular flexibility index (Phi) is 9.58. The van der Waals surface area contributed by atoms with Crippen LogP contribution in [-0.4, -0.2) is 4.57 Å². The molecule has 0 fully saturated rings. The summed E-state index contributed by atoms with van der Waals surface area (Å²) in [5.41, 5.74) is 17.4. The van der Waals surface area contributed by atoms with Crippen LogP contribution >= 0.6 is 11.3 Å². The van der Waals surface area contributed by atoms with E-state index in [1.54, 1.807) is 0 Å². The average molecular weight is 834 g/mol. The average Bonchev–Trinajstić information content (AvgIpc) is 3.91. The lowest BCUT2D eigenvalue weighted by molar-refractivity contribution is 0.805. The minimum absolute atomic E-state index is 0.202. The summed E-state index contributed by atoms with van der Waals surface area (Å²) in [7, 11) is 0. The van der Waals surface area contributed by atoms with Gasteiger partial charge in [0.25, 0.3) is 0 Å². The summed E-state index contributed by atoms with van der Waals surface area (Å²) in [5.74, 6) is 0.202. The molecular formula is C62H43NS. The van der Waals surface area contributed by atoms with Crippen LogP contribution in [0.4, 0.5) is 0 Å². The summed E-state index contributed by atoms with van der Waals surface area (Å²) in [6.07, 6.45) is 0.910. The van der Waals surface area contributed by atoms with Gasteiger partial charge in [-0.3, -0.25) is 0 Å². The van der Waals surface area contributed by atoms with E-state index in [1.807, 2.05) is 11.3 Å². The molecule has 0 aliphatic rings. The Hall–Kier alpha value is -7.78. The topological polar surface area (TPSA) is 4.93 Å². The zero-order valence-electron chi connectivity index (χ0n) is 35.2. The van der Waals surface area contributed by atoms with Crippen LogP contribution in [0.1, 0.15) is 22.6 Å². The van der Waals surface area contributed by atoms with Gasteiger partial charge in [-0.15, -0.1) is 11.3 Å². The number of rotatable bonds is 9. The quantitative estimate of drug-likeness (QED) is 0.137. The lowest BCUT2D eigenvalue weighted by Gasteiger charge is -2.20. The number of hydrogen-bond donors (Lipinski definition) is 0. The highest BCUT2D eigenvalue weighted by Gasteiger charge is 2.18. The Balaban J connectivity index is 0.868. The number of para-hydroxylation sites is 1. The number of thiophene rings is 1. The van der Waals surface area contributed by atoms with Crippen molar-refractivity contribution in [2.75, 3.05) is 0 Å². The fourth-order valence-electron chi connectivity index (χ4n) is 9.74. The van der Waals surface area contributed by atoms with E-state index >= 15 is 0 Å². The Labute approximate surface area is 377 Å². The molecule has 0 amide bonds. The third-order valence-corrected chi connectivity index (χ3v) is 14.2. The number of benzene rings is 10. The van der Waals surface area contributed by atoms with Crippen molar-refractivity contribution in [2.45, 2.75) is 12.3 Å². The second kappa shape index (κ2) is 16.2. The molecule has 1 atom stereocenters. The molecule has 1 nitrogen and oxygen atoms in total. The Morgan fingerprint density at radius 3 is 1.48 bits per heavy atom. The third kappa shape index (κ3) is 6.99. The molecule has 0 saturated carbocycles. The van der Waals surface area contributed by atoms with Gasteiger partial charge >= 0.3 is 0 Å². The molecule has 0 saturated heterocycles. The molecule has 10 aromatic carbocycles. The van der Waals surface area contributed by atoms with Crippen LogP contribution < -0.4 is 0 Å². The summed E-state index contributed by atoms with van der Waals surface area (Å²) in [6.45, 7) is 0. The minimum Gasteiger partial charge on any atom is -0.309 e. The van der Waals surface area contributed by atoms with Crippen molar-refractivity contribution >= 4 is 53.3 Å². The molecule has 0 bridgehead atoms. The summed E-state index contributed by atoms with van der Waals surface area (Å²) >= 11 is 1.86. The zero-order valence-corrected chi connectivity index (χ0v) is 36.1. The van der Waals surface area contributed by atoms with Crippen molar-refractivity contribution in [3.05, 3.63) is 259 Å². The highest BCUT2D eigenvalue weighted by Crippen LogP contribution is 2.40. The molecule has 2 aromatic heterocycles. The van der Waals surface area contributed by atoms with Gasteiger partial charge in [0.15, 0.2) is 0 Å². The van der Waals surface area contributed by atoms with E-state index in [0.29, 0.717) is 0 Å². The van der Waals surface area contributed by atoms with E-state index in [1.165, 1.54) is 109 Å². The molecule has 0 spiro atoms. The van der Waals surface area contributed by atoms with E-state index in [0.717, 1.165) is 6.42 Å².